The fraction of sp³-hybridized carbons (Fsp3) is 0.316. The number of halogens is 1. The zero-order chi connectivity index (χ0) is 18.4. The number of methoxy groups -OCH3 is 3. The van der Waals surface area contributed by atoms with Crippen LogP contribution in [0.15, 0.2) is 40.9 Å². The van der Waals surface area contributed by atoms with Crippen molar-refractivity contribution < 1.29 is 19.0 Å². The van der Waals surface area contributed by atoms with Crippen molar-refractivity contribution in [2.75, 3.05) is 21.3 Å². The molecule has 0 bridgehead atoms. The topological polar surface area (TPSA) is 56.8 Å². The maximum atomic E-state index is 12.7. The fourth-order valence-corrected chi connectivity index (χ4v) is 2.83. The molecule has 0 saturated heterocycles. The van der Waals surface area contributed by atoms with Crippen LogP contribution in [0, 0.1) is 0 Å². The second-order valence-corrected chi connectivity index (χ2v) is 6.32. The molecule has 0 aliphatic heterocycles. The van der Waals surface area contributed by atoms with Gasteiger partial charge in [0.05, 0.1) is 27.4 Å². The van der Waals surface area contributed by atoms with Gasteiger partial charge in [-0.25, -0.2) is 0 Å². The molecule has 0 radical (unpaired) electrons. The van der Waals surface area contributed by atoms with Gasteiger partial charge in [-0.3, -0.25) is 4.79 Å². The van der Waals surface area contributed by atoms with Gasteiger partial charge in [0, 0.05) is 10.0 Å². The number of rotatable bonds is 7. The van der Waals surface area contributed by atoms with E-state index in [9.17, 15) is 4.79 Å². The van der Waals surface area contributed by atoms with Crippen LogP contribution in [0.2, 0.25) is 0 Å². The van der Waals surface area contributed by atoms with Crippen molar-refractivity contribution >= 4 is 21.8 Å². The van der Waals surface area contributed by atoms with Crippen LogP contribution in [0.25, 0.3) is 0 Å². The molecule has 0 aromatic heterocycles. The Kier molecular flexibility index (Phi) is 6.70. The molecule has 0 saturated carbocycles. The standard InChI is InChI=1S/C19H22BrNO4/c1-5-15(12-6-8-14(20)9-7-12)21-19(22)13-10-16(23-2)18(25-4)17(11-13)24-3/h6-11,15H,5H2,1-4H3,(H,21,22). The van der Waals surface area contributed by atoms with Crippen LogP contribution < -0.4 is 19.5 Å². The van der Waals surface area contributed by atoms with Crippen molar-refractivity contribution in [1.82, 2.24) is 5.32 Å². The van der Waals surface area contributed by atoms with Crippen molar-refractivity contribution in [3.8, 4) is 17.2 Å². The average Bonchev–Trinajstić information content (AvgIpc) is 2.65. The van der Waals surface area contributed by atoms with Crippen molar-refractivity contribution in [3.05, 3.63) is 52.0 Å². The summed E-state index contributed by atoms with van der Waals surface area (Å²) in [7, 11) is 4.58. The van der Waals surface area contributed by atoms with Crippen LogP contribution in [0.1, 0.15) is 35.3 Å². The summed E-state index contributed by atoms with van der Waals surface area (Å²) in [6, 6.07) is 11.1. The lowest BCUT2D eigenvalue weighted by molar-refractivity contribution is 0.0934. The quantitative estimate of drug-likeness (QED) is 0.740. The number of amides is 1. The highest BCUT2D eigenvalue weighted by Gasteiger charge is 2.19. The summed E-state index contributed by atoms with van der Waals surface area (Å²) >= 11 is 3.42. The van der Waals surface area contributed by atoms with Gasteiger partial charge in [0.25, 0.3) is 5.91 Å². The highest BCUT2D eigenvalue weighted by Crippen LogP contribution is 2.38. The molecule has 2 aromatic rings. The van der Waals surface area contributed by atoms with Gasteiger partial charge in [-0.05, 0) is 36.2 Å². The molecule has 6 heteroatoms. The molecule has 1 N–H and O–H groups in total. The van der Waals surface area contributed by atoms with Gasteiger partial charge in [-0.2, -0.15) is 0 Å². The van der Waals surface area contributed by atoms with Gasteiger partial charge >= 0.3 is 0 Å². The van der Waals surface area contributed by atoms with Crippen LogP contribution in [0.3, 0.4) is 0 Å². The maximum absolute atomic E-state index is 12.7. The summed E-state index contributed by atoms with van der Waals surface area (Å²) in [5.41, 5.74) is 1.50. The van der Waals surface area contributed by atoms with E-state index in [4.69, 9.17) is 14.2 Å². The minimum Gasteiger partial charge on any atom is -0.493 e. The number of hydrogen-bond donors (Lipinski definition) is 1. The zero-order valence-corrected chi connectivity index (χ0v) is 16.3. The van der Waals surface area contributed by atoms with Gasteiger partial charge in [0.1, 0.15) is 0 Å². The van der Waals surface area contributed by atoms with E-state index in [2.05, 4.69) is 21.2 Å². The summed E-state index contributed by atoms with van der Waals surface area (Å²) in [5, 5.41) is 3.05. The first-order valence-electron chi connectivity index (χ1n) is 7.90. The largest absolute Gasteiger partial charge is 0.493 e. The lowest BCUT2D eigenvalue weighted by Gasteiger charge is -2.19. The molecule has 134 valence electrons. The van der Waals surface area contributed by atoms with Crippen LogP contribution in [0.5, 0.6) is 17.2 Å². The maximum Gasteiger partial charge on any atom is 0.252 e. The first-order valence-corrected chi connectivity index (χ1v) is 8.69. The van der Waals surface area contributed by atoms with Gasteiger partial charge in [-0.15, -0.1) is 0 Å². The second-order valence-electron chi connectivity index (χ2n) is 5.40. The number of nitrogens with one attached hydrogen (secondary N) is 1. The van der Waals surface area contributed by atoms with Crippen molar-refractivity contribution in [3.63, 3.8) is 0 Å². The predicted molar refractivity (Wildman–Crippen MR) is 101 cm³/mol. The van der Waals surface area contributed by atoms with Gasteiger partial charge in [0.15, 0.2) is 11.5 Å². The number of carbonyl (C=O) groups excluding carboxylic acids is 1. The summed E-state index contributed by atoms with van der Waals surface area (Å²) in [5.74, 6) is 1.16. The number of hydrogen-bond acceptors (Lipinski definition) is 4. The molecule has 1 amide bonds. The normalized spacial score (nSPS) is 11.6. The number of carbonyl (C=O) groups is 1. The molecule has 2 aromatic carbocycles. The Bertz CT molecular complexity index is 706. The third kappa shape index (κ3) is 4.45. The molecule has 0 fully saturated rings. The Morgan fingerprint density at radius 1 is 1.04 bits per heavy atom. The Balaban J connectivity index is 2.28. The van der Waals surface area contributed by atoms with E-state index in [1.54, 1.807) is 12.1 Å². The van der Waals surface area contributed by atoms with Gasteiger partial charge in [-0.1, -0.05) is 35.0 Å². The molecular weight excluding hydrogens is 386 g/mol. The Hall–Kier alpha value is -2.21. The molecule has 5 nitrogen and oxygen atoms in total. The molecular formula is C19H22BrNO4. The van der Waals surface area contributed by atoms with E-state index < -0.39 is 0 Å². The molecule has 2 rings (SSSR count). The molecule has 25 heavy (non-hydrogen) atoms. The SMILES string of the molecule is CCC(NC(=O)c1cc(OC)c(OC)c(OC)c1)c1ccc(Br)cc1. The van der Waals surface area contributed by atoms with E-state index >= 15 is 0 Å². The third-order valence-electron chi connectivity index (χ3n) is 3.91. The monoisotopic (exact) mass is 407 g/mol. The first kappa shape index (κ1) is 19.1. The minimum absolute atomic E-state index is 0.0836. The fourth-order valence-electron chi connectivity index (χ4n) is 2.57. The van der Waals surface area contributed by atoms with E-state index in [0.29, 0.717) is 22.8 Å². The summed E-state index contributed by atoms with van der Waals surface area (Å²) in [6.45, 7) is 2.03. The molecule has 1 atom stereocenters. The number of ether oxygens (including phenoxy) is 3. The number of benzene rings is 2. The van der Waals surface area contributed by atoms with Crippen LogP contribution in [0.4, 0.5) is 0 Å². The summed E-state index contributed by atoms with van der Waals surface area (Å²) < 4.78 is 16.9. The summed E-state index contributed by atoms with van der Waals surface area (Å²) in [4.78, 5) is 12.7. The van der Waals surface area contributed by atoms with Crippen LogP contribution >= 0.6 is 15.9 Å². The third-order valence-corrected chi connectivity index (χ3v) is 4.44. The Morgan fingerprint density at radius 2 is 1.60 bits per heavy atom. The zero-order valence-electron chi connectivity index (χ0n) is 14.8. The van der Waals surface area contributed by atoms with Gasteiger partial charge < -0.3 is 19.5 Å². The average molecular weight is 408 g/mol. The van der Waals surface area contributed by atoms with Crippen LogP contribution in [-0.4, -0.2) is 27.2 Å². The Morgan fingerprint density at radius 3 is 2.04 bits per heavy atom. The van der Waals surface area contributed by atoms with Gasteiger partial charge in [0.2, 0.25) is 5.75 Å². The highest BCUT2D eigenvalue weighted by atomic mass is 79.9. The van der Waals surface area contributed by atoms with E-state index in [-0.39, 0.29) is 11.9 Å². The van der Waals surface area contributed by atoms with E-state index in [0.717, 1.165) is 16.5 Å². The van der Waals surface area contributed by atoms with E-state index in [1.807, 2.05) is 31.2 Å². The smallest absolute Gasteiger partial charge is 0.252 e. The Labute approximate surface area is 156 Å². The van der Waals surface area contributed by atoms with Crippen molar-refractivity contribution in [2.24, 2.45) is 0 Å². The summed E-state index contributed by atoms with van der Waals surface area (Å²) in [6.07, 6.45) is 0.776. The second kappa shape index (κ2) is 8.76. The molecule has 1 unspecified atom stereocenters. The van der Waals surface area contributed by atoms with E-state index in [1.165, 1.54) is 21.3 Å². The van der Waals surface area contributed by atoms with Crippen LogP contribution in [-0.2, 0) is 0 Å². The molecule has 0 aliphatic carbocycles. The molecule has 0 aliphatic rings. The molecule has 0 heterocycles. The predicted octanol–water partition coefficient (Wildman–Crippen LogP) is 4.36. The van der Waals surface area contributed by atoms with Crippen molar-refractivity contribution in [2.45, 2.75) is 19.4 Å². The lowest BCUT2D eigenvalue weighted by atomic mass is 10.0. The minimum atomic E-state index is -0.200. The molecule has 0 spiro atoms. The first-order chi connectivity index (χ1) is 12.0. The lowest BCUT2D eigenvalue weighted by Crippen LogP contribution is -2.28. The highest BCUT2D eigenvalue weighted by molar-refractivity contribution is 9.10. The van der Waals surface area contributed by atoms with Crippen molar-refractivity contribution in [1.29, 1.82) is 0 Å².